The molecule has 0 aromatic heterocycles. The summed E-state index contributed by atoms with van der Waals surface area (Å²) in [6, 6.07) is 20.9. The Kier molecular flexibility index (Phi) is 9.21. The van der Waals surface area contributed by atoms with Gasteiger partial charge in [-0.1, -0.05) is 67.6 Å². The van der Waals surface area contributed by atoms with Gasteiger partial charge in [0.1, 0.15) is 0 Å². The van der Waals surface area contributed by atoms with Crippen LogP contribution in [0.2, 0.25) is 0 Å². The molecule has 1 heterocycles. The van der Waals surface area contributed by atoms with Crippen molar-refractivity contribution in [3.05, 3.63) is 71.8 Å². The number of carboxylic acids is 2. The normalized spacial score (nSPS) is 15.0. The molecular formula is C24H30N2O5. The van der Waals surface area contributed by atoms with E-state index in [1.807, 2.05) is 41.3 Å². The Balaban J connectivity index is 0.000000501. The molecule has 0 saturated carbocycles. The largest absolute Gasteiger partial charge is 0.473 e. The van der Waals surface area contributed by atoms with Crippen LogP contribution in [-0.4, -0.2) is 70.1 Å². The van der Waals surface area contributed by atoms with Gasteiger partial charge in [0.2, 0.25) is 5.91 Å². The number of aliphatic carboxylic acids is 2. The first-order chi connectivity index (χ1) is 14.8. The van der Waals surface area contributed by atoms with Gasteiger partial charge in [0, 0.05) is 32.2 Å². The molecule has 1 fully saturated rings. The van der Waals surface area contributed by atoms with Crippen LogP contribution in [0.5, 0.6) is 0 Å². The molecule has 1 amide bonds. The van der Waals surface area contributed by atoms with Gasteiger partial charge in [-0.2, -0.15) is 0 Å². The van der Waals surface area contributed by atoms with E-state index in [2.05, 4.69) is 43.0 Å². The molecule has 0 radical (unpaired) electrons. The molecule has 1 unspecified atom stereocenters. The fourth-order valence-electron chi connectivity index (χ4n) is 3.59. The lowest BCUT2D eigenvalue weighted by molar-refractivity contribution is -0.159. The van der Waals surface area contributed by atoms with E-state index in [-0.39, 0.29) is 11.8 Å². The number of amides is 1. The number of nitrogens with zero attached hydrogens (tertiary/aromatic N) is 2. The first kappa shape index (κ1) is 24.1. The van der Waals surface area contributed by atoms with E-state index >= 15 is 0 Å². The molecule has 0 aliphatic carbocycles. The van der Waals surface area contributed by atoms with Crippen LogP contribution in [0.4, 0.5) is 0 Å². The molecular weight excluding hydrogens is 396 g/mol. The summed E-state index contributed by atoms with van der Waals surface area (Å²) in [7, 11) is 0. The molecule has 2 N–H and O–H groups in total. The molecule has 2 aromatic rings. The van der Waals surface area contributed by atoms with Gasteiger partial charge in [-0.25, -0.2) is 9.59 Å². The average Bonchev–Trinajstić information content (AvgIpc) is 2.80. The second kappa shape index (κ2) is 11.9. The third kappa shape index (κ3) is 6.93. The smallest absolute Gasteiger partial charge is 0.414 e. The fraction of sp³-hybridized carbons (Fsp3) is 0.375. The van der Waals surface area contributed by atoms with Crippen molar-refractivity contribution >= 4 is 17.8 Å². The first-order valence-corrected chi connectivity index (χ1v) is 10.4. The second-order valence-corrected chi connectivity index (χ2v) is 7.48. The highest BCUT2D eigenvalue weighted by Gasteiger charge is 2.30. The van der Waals surface area contributed by atoms with Gasteiger partial charge in [0.15, 0.2) is 0 Å². The highest BCUT2D eigenvalue weighted by atomic mass is 16.4. The van der Waals surface area contributed by atoms with Crippen LogP contribution < -0.4 is 0 Å². The topological polar surface area (TPSA) is 98.2 Å². The second-order valence-electron chi connectivity index (χ2n) is 7.48. The van der Waals surface area contributed by atoms with Gasteiger partial charge in [-0.3, -0.25) is 9.69 Å². The van der Waals surface area contributed by atoms with Crippen LogP contribution >= 0.6 is 0 Å². The summed E-state index contributed by atoms with van der Waals surface area (Å²) in [5.74, 6) is -3.64. The van der Waals surface area contributed by atoms with E-state index < -0.39 is 11.9 Å². The number of hydrogen-bond acceptors (Lipinski definition) is 4. The van der Waals surface area contributed by atoms with E-state index in [1.54, 1.807) is 0 Å². The van der Waals surface area contributed by atoms with Crippen LogP contribution in [0.3, 0.4) is 0 Å². The number of carbonyl (C=O) groups excluding carboxylic acids is 1. The van der Waals surface area contributed by atoms with E-state index in [1.165, 1.54) is 0 Å². The number of carboxylic acid groups (broad SMARTS) is 2. The summed E-state index contributed by atoms with van der Waals surface area (Å²) in [4.78, 5) is 36.1. The third-order valence-corrected chi connectivity index (χ3v) is 5.54. The molecule has 0 spiro atoms. The summed E-state index contributed by atoms with van der Waals surface area (Å²) < 4.78 is 0. The average molecular weight is 427 g/mol. The number of carbonyl (C=O) groups is 3. The van der Waals surface area contributed by atoms with Crippen LogP contribution in [0.15, 0.2) is 60.7 Å². The number of hydrogen-bond donors (Lipinski definition) is 2. The Bertz CT molecular complexity index is 797. The number of piperazine rings is 1. The van der Waals surface area contributed by atoms with Crippen molar-refractivity contribution in [2.24, 2.45) is 0 Å². The molecule has 1 aliphatic rings. The van der Waals surface area contributed by atoms with E-state index in [4.69, 9.17) is 19.8 Å². The standard InChI is InChI=1S/C22H28N2O.C2H2O4/c1-3-18(2)23-14-16-24(17-15-23)22(25)21(19-10-6-4-7-11-19)20-12-8-5-9-13-20;3-1(4)2(5)6/h4-13,18,21H,3,14-17H2,1-2H3;(H,3,4)(H,5,6). The lowest BCUT2D eigenvalue weighted by Gasteiger charge is -2.39. The Hall–Kier alpha value is -3.19. The van der Waals surface area contributed by atoms with E-state index in [0.717, 1.165) is 43.7 Å². The number of benzene rings is 2. The predicted octanol–water partition coefficient (Wildman–Crippen LogP) is 2.92. The van der Waals surface area contributed by atoms with Crippen molar-refractivity contribution in [1.82, 2.24) is 9.80 Å². The van der Waals surface area contributed by atoms with Crippen molar-refractivity contribution in [1.29, 1.82) is 0 Å². The van der Waals surface area contributed by atoms with E-state index in [9.17, 15) is 4.79 Å². The molecule has 1 aliphatic heterocycles. The monoisotopic (exact) mass is 426 g/mol. The minimum absolute atomic E-state index is 0.211. The Morgan fingerprint density at radius 2 is 1.23 bits per heavy atom. The van der Waals surface area contributed by atoms with Gasteiger partial charge in [0.05, 0.1) is 5.92 Å². The van der Waals surface area contributed by atoms with Gasteiger partial charge in [0.25, 0.3) is 0 Å². The van der Waals surface area contributed by atoms with Crippen LogP contribution in [0, 0.1) is 0 Å². The Morgan fingerprint density at radius 1 is 0.806 bits per heavy atom. The van der Waals surface area contributed by atoms with Gasteiger partial charge in [-0.15, -0.1) is 0 Å². The minimum Gasteiger partial charge on any atom is -0.473 e. The molecule has 31 heavy (non-hydrogen) atoms. The van der Waals surface area contributed by atoms with Crippen LogP contribution in [0.1, 0.15) is 37.3 Å². The highest BCUT2D eigenvalue weighted by molar-refractivity contribution is 6.27. The van der Waals surface area contributed by atoms with Crippen LogP contribution in [-0.2, 0) is 14.4 Å². The molecule has 7 heteroatoms. The van der Waals surface area contributed by atoms with Gasteiger partial charge >= 0.3 is 11.9 Å². The summed E-state index contributed by atoms with van der Waals surface area (Å²) in [6.45, 7) is 8.07. The molecule has 1 atom stereocenters. The molecule has 7 nitrogen and oxygen atoms in total. The van der Waals surface area contributed by atoms with Crippen molar-refractivity contribution in [3.8, 4) is 0 Å². The summed E-state index contributed by atoms with van der Waals surface area (Å²) in [6.07, 6.45) is 1.16. The molecule has 3 rings (SSSR count). The zero-order valence-electron chi connectivity index (χ0n) is 18.0. The molecule has 1 saturated heterocycles. The third-order valence-electron chi connectivity index (χ3n) is 5.54. The number of rotatable bonds is 5. The highest BCUT2D eigenvalue weighted by Crippen LogP contribution is 2.27. The maximum absolute atomic E-state index is 13.4. The predicted molar refractivity (Wildman–Crippen MR) is 118 cm³/mol. The van der Waals surface area contributed by atoms with Gasteiger partial charge in [-0.05, 0) is 24.5 Å². The molecule has 166 valence electrons. The fourth-order valence-corrected chi connectivity index (χ4v) is 3.59. The Labute approximate surface area is 182 Å². The summed E-state index contributed by atoms with van der Waals surface area (Å²) in [5, 5.41) is 14.8. The van der Waals surface area contributed by atoms with E-state index in [0.29, 0.717) is 6.04 Å². The zero-order chi connectivity index (χ0) is 22.8. The molecule has 0 bridgehead atoms. The van der Waals surface area contributed by atoms with Crippen molar-refractivity contribution < 1.29 is 24.6 Å². The van der Waals surface area contributed by atoms with Gasteiger partial charge < -0.3 is 15.1 Å². The maximum atomic E-state index is 13.4. The lowest BCUT2D eigenvalue weighted by atomic mass is 9.90. The zero-order valence-corrected chi connectivity index (χ0v) is 18.0. The van der Waals surface area contributed by atoms with Crippen LogP contribution in [0.25, 0.3) is 0 Å². The Morgan fingerprint density at radius 3 is 1.58 bits per heavy atom. The first-order valence-electron chi connectivity index (χ1n) is 10.4. The van der Waals surface area contributed by atoms with Crippen molar-refractivity contribution in [2.75, 3.05) is 26.2 Å². The van der Waals surface area contributed by atoms with Crippen molar-refractivity contribution in [3.63, 3.8) is 0 Å². The summed E-state index contributed by atoms with van der Waals surface area (Å²) in [5.41, 5.74) is 2.14. The summed E-state index contributed by atoms with van der Waals surface area (Å²) >= 11 is 0. The molecule has 2 aromatic carbocycles. The maximum Gasteiger partial charge on any atom is 0.414 e. The SMILES string of the molecule is CCC(C)N1CCN(C(=O)C(c2ccccc2)c2ccccc2)CC1.O=C(O)C(=O)O. The minimum atomic E-state index is -1.82. The van der Waals surface area contributed by atoms with Crippen molar-refractivity contribution in [2.45, 2.75) is 32.2 Å². The quantitative estimate of drug-likeness (QED) is 0.714. The lowest BCUT2D eigenvalue weighted by Crippen LogP contribution is -2.52.